The predicted octanol–water partition coefficient (Wildman–Crippen LogP) is 2.15. The monoisotopic (exact) mass is 201 g/mol. The van der Waals surface area contributed by atoms with Gasteiger partial charge in [-0.3, -0.25) is 0 Å². The molecule has 0 atom stereocenters. The van der Waals surface area contributed by atoms with Crippen molar-refractivity contribution in [3.8, 4) is 0 Å². The third-order valence-corrected chi connectivity index (χ3v) is 3.13. The molecule has 5 heteroatoms. The first-order valence-corrected chi connectivity index (χ1v) is 5.23. The second kappa shape index (κ2) is 3.21. The minimum Gasteiger partial charge on any atom is -0.357 e. The van der Waals surface area contributed by atoms with Gasteiger partial charge in [0.25, 0.3) is 0 Å². The minimum absolute atomic E-state index is 0.377. The normalized spacial score (nSPS) is 19.5. The molecule has 1 saturated carbocycles. The van der Waals surface area contributed by atoms with Crippen LogP contribution in [0.4, 0.5) is 9.52 Å². The second-order valence-electron chi connectivity index (χ2n) is 3.48. The van der Waals surface area contributed by atoms with E-state index in [1.807, 2.05) is 6.92 Å². The number of aryl methyl sites for hydroxylation is 1. The standard InChI is InChI=1S/C8H12FN3S/c1-6-11-12-7(13-6)10-5-8(9)3-2-4-8/h2-5H2,1H3,(H,10,12). The van der Waals surface area contributed by atoms with Gasteiger partial charge >= 0.3 is 0 Å². The van der Waals surface area contributed by atoms with E-state index >= 15 is 0 Å². The van der Waals surface area contributed by atoms with Crippen LogP contribution in [-0.2, 0) is 0 Å². The molecule has 3 nitrogen and oxygen atoms in total. The molecule has 1 aromatic rings. The number of halogens is 1. The zero-order valence-corrected chi connectivity index (χ0v) is 8.33. The summed E-state index contributed by atoms with van der Waals surface area (Å²) in [6.07, 6.45) is 2.36. The van der Waals surface area contributed by atoms with Crippen LogP contribution in [0.2, 0.25) is 0 Å². The molecule has 0 radical (unpaired) electrons. The first kappa shape index (κ1) is 8.87. The van der Waals surface area contributed by atoms with Gasteiger partial charge in [-0.2, -0.15) is 0 Å². The van der Waals surface area contributed by atoms with Crippen molar-refractivity contribution >= 4 is 16.5 Å². The maximum absolute atomic E-state index is 13.5. The van der Waals surface area contributed by atoms with Crippen LogP contribution in [-0.4, -0.2) is 22.4 Å². The van der Waals surface area contributed by atoms with E-state index in [0.29, 0.717) is 19.4 Å². The van der Waals surface area contributed by atoms with Crippen molar-refractivity contribution in [2.75, 3.05) is 11.9 Å². The van der Waals surface area contributed by atoms with Gasteiger partial charge in [-0.15, -0.1) is 10.2 Å². The summed E-state index contributed by atoms with van der Waals surface area (Å²) >= 11 is 1.46. The third kappa shape index (κ3) is 1.96. The zero-order chi connectivity index (χ0) is 9.31. The van der Waals surface area contributed by atoms with Crippen molar-refractivity contribution < 1.29 is 4.39 Å². The minimum atomic E-state index is -0.987. The van der Waals surface area contributed by atoms with Crippen LogP contribution >= 0.6 is 11.3 Å². The summed E-state index contributed by atoms with van der Waals surface area (Å²) in [4.78, 5) is 0. The molecular formula is C8H12FN3S. The van der Waals surface area contributed by atoms with Crippen LogP contribution in [0.1, 0.15) is 24.3 Å². The Morgan fingerprint density at radius 3 is 2.77 bits per heavy atom. The molecule has 1 aliphatic carbocycles. The molecule has 0 saturated heterocycles. The average molecular weight is 201 g/mol. The second-order valence-corrected chi connectivity index (χ2v) is 4.67. The van der Waals surface area contributed by atoms with Crippen LogP contribution in [0.3, 0.4) is 0 Å². The molecule has 0 aliphatic heterocycles. The summed E-state index contributed by atoms with van der Waals surface area (Å²) in [5.41, 5.74) is -0.987. The number of nitrogens with zero attached hydrogens (tertiary/aromatic N) is 2. The largest absolute Gasteiger partial charge is 0.357 e. The Balaban J connectivity index is 1.85. The van der Waals surface area contributed by atoms with Gasteiger partial charge in [0, 0.05) is 0 Å². The number of alkyl halides is 1. The molecule has 0 aromatic carbocycles. The van der Waals surface area contributed by atoms with Gasteiger partial charge in [0.15, 0.2) is 0 Å². The number of anilines is 1. The molecule has 1 aliphatic rings. The molecule has 1 aromatic heterocycles. The van der Waals surface area contributed by atoms with E-state index in [9.17, 15) is 4.39 Å². The van der Waals surface area contributed by atoms with Gasteiger partial charge in [-0.25, -0.2) is 4.39 Å². The SMILES string of the molecule is Cc1nnc(NCC2(F)CCC2)s1. The summed E-state index contributed by atoms with van der Waals surface area (Å²) in [5, 5.41) is 12.3. The molecule has 13 heavy (non-hydrogen) atoms. The lowest BCUT2D eigenvalue weighted by molar-refractivity contribution is 0.0784. The van der Waals surface area contributed by atoms with Gasteiger partial charge in [0.05, 0.1) is 6.54 Å². The summed E-state index contributed by atoms with van der Waals surface area (Å²) in [6, 6.07) is 0. The van der Waals surface area contributed by atoms with Gasteiger partial charge in [0.1, 0.15) is 10.7 Å². The summed E-state index contributed by atoms with van der Waals surface area (Å²) < 4.78 is 13.5. The molecule has 1 fully saturated rings. The predicted molar refractivity (Wildman–Crippen MR) is 50.8 cm³/mol. The van der Waals surface area contributed by atoms with Crippen molar-refractivity contribution in [3.63, 3.8) is 0 Å². The van der Waals surface area contributed by atoms with E-state index in [0.717, 1.165) is 16.6 Å². The van der Waals surface area contributed by atoms with Gasteiger partial charge in [-0.05, 0) is 26.2 Å². The quantitative estimate of drug-likeness (QED) is 0.814. The van der Waals surface area contributed by atoms with E-state index in [2.05, 4.69) is 15.5 Å². The molecule has 1 N–H and O–H groups in total. The Labute approximate surface area is 80.4 Å². The molecule has 0 bridgehead atoms. The maximum atomic E-state index is 13.5. The van der Waals surface area contributed by atoms with Crippen LogP contribution in [0.25, 0.3) is 0 Å². The summed E-state index contributed by atoms with van der Waals surface area (Å²) in [7, 11) is 0. The van der Waals surface area contributed by atoms with Crippen LogP contribution in [0.15, 0.2) is 0 Å². The molecule has 72 valence electrons. The summed E-state index contributed by atoms with van der Waals surface area (Å²) in [5.74, 6) is 0. The number of rotatable bonds is 3. The number of nitrogens with one attached hydrogen (secondary N) is 1. The lowest BCUT2D eigenvalue weighted by Gasteiger charge is -2.33. The Hall–Kier alpha value is -0.710. The Kier molecular flexibility index (Phi) is 2.19. The Morgan fingerprint density at radius 1 is 1.54 bits per heavy atom. The lowest BCUT2D eigenvalue weighted by atomic mass is 9.82. The van der Waals surface area contributed by atoms with Crippen molar-refractivity contribution in [1.82, 2.24) is 10.2 Å². The van der Waals surface area contributed by atoms with Gasteiger partial charge < -0.3 is 5.32 Å². The fourth-order valence-corrected chi connectivity index (χ4v) is 1.93. The molecular weight excluding hydrogens is 189 g/mol. The Morgan fingerprint density at radius 2 is 2.31 bits per heavy atom. The molecule has 1 heterocycles. The molecule has 0 spiro atoms. The van der Waals surface area contributed by atoms with Crippen molar-refractivity contribution in [2.24, 2.45) is 0 Å². The first-order valence-electron chi connectivity index (χ1n) is 4.41. The molecule has 0 amide bonds. The fourth-order valence-electron chi connectivity index (χ4n) is 1.34. The average Bonchev–Trinajstić information content (AvgIpc) is 2.44. The van der Waals surface area contributed by atoms with Crippen LogP contribution in [0, 0.1) is 6.92 Å². The topological polar surface area (TPSA) is 37.8 Å². The fraction of sp³-hybridized carbons (Fsp3) is 0.750. The van der Waals surface area contributed by atoms with Crippen molar-refractivity contribution in [3.05, 3.63) is 5.01 Å². The summed E-state index contributed by atoms with van der Waals surface area (Å²) in [6.45, 7) is 2.26. The van der Waals surface area contributed by atoms with E-state index in [-0.39, 0.29) is 0 Å². The highest BCUT2D eigenvalue weighted by molar-refractivity contribution is 7.15. The molecule has 2 rings (SSSR count). The van der Waals surface area contributed by atoms with Gasteiger partial charge in [0.2, 0.25) is 5.13 Å². The highest BCUT2D eigenvalue weighted by atomic mass is 32.1. The highest BCUT2D eigenvalue weighted by Gasteiger charge is 2.36. The van der Waals surface area contributed by atoms with Crippen molar-refractivity contribution in [1.29, 1.82) is 0 Å². The van der Waals surface area contributed by atoms with E-state index in [1.54, 1.807) is 0 Å². The van der Waals surface area contributed by atoms with E-state index in [1.165, 1.54) is 11.3 Å². The van der Waals surface area contributed by atoms with Gasteiger partial charge in [-0.1, -0.05) is 11.3 Å². The molecule has 0 unspecified atom stereocenters. The lowest BCUT2D eigenvalue weighted by Crippen LogP contribution is -2.39. The highest BCUT2D eigenvalue weighted by Crippen LogP contribution is 2.35. The van der Waals surface area contributed by atoms with Crippen molar-refractivity contribution in [2.45, 2.75) is 31.9 Å². The first-order chi connectivity index (χ1) is 6.18. The number of hydrogen-bond acceptors (Lipinski definition) is 4. The number of aromatic nitrogens is 2. The zero-order valence-electron chi connectivity index (χ0n) is 7.51. The van der Waals surface area contributed by atoms with Crippen LogP contribution in [0.5, 0.6) is 0 Å². The van der Waals surface area contributed by atoms with E-state index < -0.39 is 5.67 Å². The van der Waals surface area contributed by atoms with Crippen LogP contribution < -0.4 is 5.32 Å². The maximum Gasteiger partial charge on any atom is 0.205 e. The third-order valence-electron chi connectivity index (χ3n) is 2.33. The Bertz CT molecular complexity index is 295. The smallest absolute Gasteiger partial charge is 0.205 e. The van der Waals surface area contributed by atoms with E-state index in [4.69, 9.17) is 0 Å². The number of hydrogen-bond donors (Lipinski definition) is 1.